The SMILES string of the molecule is CCNCC1CCN(C(=O)C(C)C2CC2)CC1. The van der Waals surface area contributed by atoms with Crippen LogP contribution in [-0.4, -0.2) is 37.0 Å². The fourth-order valence-electron chi connectivity index (χ4n) is 2.79. The molecule has 1 amide bonds. The maximum atomic E-state index is 12.2. The third-order valence-electron chi connectivity index (χ3n) is 4.33. The number of nitrogens with one attached hydrogen (secondary N) is 1. The highest BCUT2D eigenvalue weighted by Crippen LogP contribution is 2.37. The van der Waals surface area contributed by atoms with Crippen LogP contribution in [0.2, 0.25) is 0 Å². The van der Waals surface area contributed by atoms with E-state index in [2.05, 4.69) is 24.1 Å². The van der Waals surface area contributed by atoms with Crippen molar-refractivity contribution in [3.8, 4) is 0 Å². The van der Waals surface area contributed by atoms with Gasteiger partial charge < -0.3 is 10.2 Å². The summed E-state index contributed by atoms with van der Waals surface area (Å²) in [6, 6.07) is 0. The average molecular weight is 238 g/mol. The first kappa shape index (κ1) is 12.9. The summed E-state index contributed by atoms with van der Waals surface area (Å²) in [7, 11) is 0. The van der Waals surface area contributed by atoms with Crippen LogP contribution in [0.1, 0.15) is 39.5 Å². The number of carbonyl (C=O) groups is 1. The highest BCUT2D eigenvalue weighted by atomic mass is 16.2. The third kappa shape index (κ3) is 3.44. The molecule has 0 aromatic rings. The molecule has 1 saturated carbocycles. The van der Waals surface area contributed by atoms with Gasteiger partial charge in [0.1, 0.15) is 0 Å². The van der Waals surface area contributed by atoms with E-state index in [-0.39, 0.29) is 5.92 Å². The number of likely N-dealkylation sites (tertiary alicyclic amines) is 1. The van der Waals surface area contributed by atoms with Gasteiger partial charge in [-0.15, -0.1) is 0 Å². The molecule has 1 N–H and O–H groups in total. The summed E-state index contributed by atoms with van der Waals surface area (Å²) in [4.78, 5) is 14.3. The van der Waals surface area contributed by atoms with Gasteiger partial charge in [0, 0.05) is 19.0 Å². The van der Waals surface area contributed by atoms with Gasteiger partial charge in [0.15, 0.2) is 0 Å². The highest BCUT2D eigenvalue weighted by Gasteiger charge is 2.35. The van der Waals surface area contributed by atoms with Crippen LogP contribution < -0.4 is 5.32 Å². The van der Waals surface area contributed by atoms with E-state index in [1.165, 1.54) is 25.7 Å². The van der Waals surface area contributed by atoms with Crippen molar-refractivity contribution >= 4 is 5.91 Å². The Morgan fingerprint density at radius 3 is 2.47 bits per heavy atom. The number of carbonyl (C=O) groups excluding carboxylic acids is 1. The predicted octanol–water partition coefficient (Wildman–Crippen LogP) is 1.88. The smallest absolute Gasteiger partial charge is 0.225 e. The third-order valence-corrected chi connectivity index (χ3v) is 4.33. The van der Waals surface area contributed by atoms with Crippen molar-refractivity contribution in [3.05, 3.63) is 0 Å². The van der Waals surface area contributed by atoms with Gasteiger partial charge in [-0.1, -0.05) is 13.8 Å². The molecule has 2 aliphatic rings. The normalized spacial score (nSPS) is 23.8. The number of amides is 1. The molecule has 0 radical (unpaired) electrons. The Kier molecular flexibility index (Phi) is 4.43. The van der Waals surface area contributed by atoms with Gasteiger partial charge in [0.05, 0.1) is 0 Å². The zero-order valence-electron chi connectivity index (χ0n) is 11.2. The minimum absolute atomic E-state index is 0.278. The van der Waals surface area contributed by atoms with Crippen molar-refractivity contribution in [2.24, 2.45) is 17.8 Å². The Hall–Kier alpha value is -0.570. The number of hydrogen-bond donors (Lipinski definition) is 1. The predicted molar refractivity (Wildman–Crippen MR) is 69.7 cm³/mol. The van der Waals surface area contributed by atoms with Crippen molar-refractivity contribution in [2.75, 3.05) is 26.2 Å². The molecule has 1 atom stereocenters. The molecule has 0 aromatic carbocycles. The Bertz CT molecular complexity index is 255. The van der Waals surface area contributed by atoms with Crippen LogP contribution >= 0.6 is 0 Å². The first-order valence-electron chi connectivity index (χ1n) is 7.22. The van der Waals surface area contributed by atoms with Gasteiger partial charge >= 0.3 is 0 Å². The lowest BCUT2D eigenvalue weighted by atomic mass is 9.95. The molecule has 17 heavy (non-hydrogen) atoms. The standard InChI is InChI=1S/C14H26N2O/c1-3-15-10-12-6-8-16(9-7-12)14(17)11(2)13-4-5-13/h11-13,15H,3-10H2,1-2H3. The van der Waals surface area contributed by atoms with Crippen molar-refractivity contribution in [2.45, 2.75) is 39.5 Å². The van der Waals surface area contributed by atoms with Gasteiger partial charge in [0.25, 0.3) is 0 Å². The molecule has 0 bridgehead atoms. The maximum Gasteiger partial charge on any atom is 0.225 e. The Balaban J connectivity index is 1.72. The fraction of sp³-hybridized carbons (Fsp3) is 0.929. The van der Waals surface area contributed by atoms with E-state index in [9.17, 15) is 4.79 Å². The second-order valence-electron chi connectivity index (χ2n) is 5.70. The van der Waals surface area contributed by atoms with E-state index in [4.69, 9.17) is 0 Å². The zero-order chi connectivity index (χ0) is 12.3. The van der Waals surface area contributed by atoms with Crippen molar-refractivity contribution < 1.29 is 4.79 Å². The summed E-state index contributed by atoms with van der Waals surface area (Å²) in [5.41, 5.74) is 0. The van der Waals surface area contributed by atoms with Crippen molar-refractivity contribution in [1.29, 1.82) is 0 Å². The van der Waals surface area contributed by atoms with E-state index in [1.807, 2.05) is 0 Å². The van der Waals surface area contributed by atoms with E-state index >= 15 is 0 Å². The Morgan fingerprint density at radius 1 is 1.29 bits per heavy atom. The quantitative estimate of drug-likeness (QED) is 0.793. The van der Waals surface area contributed by atoms with Gasteiger partial charge in [-0.3, -0.25) is 4.79 Å². The molecule has 0 spiro atoms. The Labute approximate surface area is 105 Å². The van der Waals surface area contributed by atoms with Gasteiger partial charge in [-0.2, -0.15) is 0 Å². The van der Waals surface area contributed by atoms with Crippen molar-refractivity contribution in [1.82, 2.24) is 10.2 Å². The van der Waals surface area contributed by atoms with Crippen LogP contribution in [0.15, 0.2) is 0 Å². The van der Waals surface area contributed by atoms with Gasteiger partial charge in [-0.05, 0) is 50.6 Å². The lowest BCUT2D eigenvalue weighted by Gasteiger charge is -2.33. The molecule has 1 aliphatic carbocycles. The summed E-state index contributed by atoms with van der Waals surface area (Å²) < 4.78 is 0. The van der Waals surface area contributed by atoms with Crippen molar-refractivity contribution in [3.63, 3.8) is 0 Å². The zero-order valence-corrected chi connectivity index (χ0v) is 11.2. The maximum absolute atomic E-state index is 12.2. The second-order valence-corrected chi connectivity index (χ2v) is 5.70. The first-order valence-corrected chi connectivity index (χ1v) is 7.22. The number of hydrogen-bond acceptors (Lipinski definition) is 2. The van der Waals surface area contributed by atoms with E-state index in [0.717, 1.165) is 32.1 Å². The highest BCUT2D eigenvalue weighted by molar-refractivity contribution is 5.79. The van der Waals surface area contributed by atoms with Crippen LogP contribution in [0.25, 0.3) is 0 Å². The van der Waals surface area contributed by atoms with Gasteiger partial charge in [-0.25, -0.2) is 0 Å². The summed E-state index contributed by atoms with van der Waals surface area (Å²) in [5.74, 6) is 2.16. The van der Waals surface area contributed by atoms with Crippen LogP contribution in [0.3, 0.4) is 0 Å². The largest absolute Gasteiger partial charge is 0.342 e. The fourth-order valence-corrected chi connectivity index (χ4v) is 2.79. The summed E-state index contributed by atoms with van der Waals surface area (Å²) in [6.45, 7) is 8.40. The molecule has 3 nitrogen and oxygen atoms in total. The van der Waals surface area contributed by atoms with Gasteiger partial charge in [0.2, 0.25) is 5.91 Å². The van der Waals surface area contributed by atoms with E-state index < -0.39 is 0 Å². The topological polar surface area (TPSA) is 32.3 Å². The van der Waals surface area contributed by atoms with Crippen LogP contribution in [-0.2, 0) is 4.79 Å². The molecule has 3 heteroatoms. The van der Waals surface area contributed by atoms with Crippen LogP contribution in [0, 0.1) is 17.8 Å². The van der Waals surface area contributed by atoms with E-state index in [1.54, 1.807) is 0 Å². The molecule has 98 valence electrons. The molecule has 2 rings (SSSR count). The number of rotatable bonds is 5. The summed E-state index contributed by atoms with van der Waals surface area (Å²) in [5, 5.41) is 3.41. The van der Waals surface area contributed by atoms with E-state index in [0.29, 0.717) is 11.8 Å². The van der Waals surface area contributed by atoms with Crippen LogP contribution in [0.4, 0.5) is 0 Å². The first-order chi connectivity index (χ1) is 8.22. The number of piperidine rings is 1. The molecule has 1 saturated heterocycles. The molecular formula is C14H26N2O. The molecule has 0 aromatic heterocycles. The average Bonchev–Trinajstić information content (AvgIpc) is 3.19. The number of nitrogens with zero attached hydrogens (tertiary/aromatic N) is 1. The van der Waals surface area contributed by atoms with Crippen LogP contribution in [0.5, 0.6) is 0 Å². The Morgan fingerprint density at radius 2 is 1.94 bits per heavy atom. The molecule has 1 heterocycles. The lowest BCUT2D eigenvalue weighted by molar-refractivity contribution is -0.137. The minimum atomic E-state index is 0.278. The summed E-state index contributed by atoms with van der Waals surface area (Å²) >= 11 is 0. The molecule has 2 fully saturated rings. The molecule has 1 unspecified atom stereocenters. The summed E-state index contributed by atoms with van der Waals surface area (Å²) in [6.07, 6.45) is 4.89. The molecular weight excluding hydrogens is 212 g/mol. The monoisotopic (exact) mass is 238 g/mol. The molecule has 1 aliphatic heterocycles. The minimum Gasteiger partial charge on any atom is -0.342 e. The second kappa shape index (κ2) is 5.85. The lowest BCUT2D eigenvalue weighted by Crippen LogP contribution is -2.43.